The molecule has 0 aliphatic rings. The van der Waals surface area contributed by atoms with Gasteiger partial charge in [-0.15, -0.1) is 0 Å². The van der Waals surface area contributed by atoms with Crippen LogP contribution in [0.25, 0.3) is 47.9 Å². The molecule has 22 nitrogen and oxygen atoms in total. The average molecular weight is 1140 g/mol. The fraction of sp³-hybridized carbons (Fsp3) is 0.200. The van der Waals surface area contributed by atoms with Gasteiger partial charge in [0.2, 0.25) is 0 Å². The van der Waals surface area contributed by atoms with Crippen LogP contribution in [0.1, 0.15) is 53.0 Å². The van der Waals surface area contributed by atoms with Crippen molar-refractivity contribution in [2.45, 2.75) is 58.3 Å². The Morgan fingerprint density at radius 2 is 0.563 bits per heavy atom. The van der Waals surface area contributed by atoms with E-state index in [2.05, 4.69) is 15.0 Å². The normalized spacial score (nSPS) is 7.82. The maximum Gasteiger partial charge on any atom is 3.00 e. The minimum Gasteiger partial charge on any atom is -2.00 e. The molecule has 3 aromatic carbocycles. The van der Waals surface area contributed by atoms with E-state index in [1.807, 2.05) is 91.0 Å². The van der Waals surface area contributed by atoms with Gasteiger partial charge < -0.3 is 83.7 Å². The van der Waals surface area contributed by atoms with Crippen LogP contribution >= 0.6 is 0 Å². The maximum absolute atomic E-state index is 10.1. The van der Waals surface area contributed by atoms with E-state index in [0.717, 1.165) is 16.7 Å². The first kappa shape index (κ1) is 81.3. The van der Waals surface area contributed by atoms with Gasteiger partial charge in [-0.25, -0.2) is 0 Å². The third kappa shape index (κ3) is 61.3. The average Bonchev–Trinajstić information content (AvgIpc) is 3.35. The van der Waals surface area contributed by atoms with Gasteiger partial charge in [0.1, 0.15) is 0 Å². The van der Waals surface area contributed by atoms with Gasteiger partial charge in [-0.2, -0.15) is 0 Å². The molecule has 0 bridgehead atoms. The zero-order chi connectivity index (χ0) is 49.9. The Morgan fingerprint density at radius 3 is 0.690 bits per heavy atom. The summed E-state index contributed by atoms with van der Waals surface area (Å²) in [5.74, 6) is -2.98. The summed E-state index contributed by atoms with van der Waals surface area (Å²) in [6.07, 6.45) is 6.83. The molecule has 26 heteroatoms. The van der Waals surface area contributed by atoms with Crippen molar-refractivity contribution in [2.75, 3.05) is 0 Å². The van der Waals surface area contributed by atoms with Crippen LogP contribution in [0.5, 0.6) is 0 Å². The molecule has 0 atom stereocenters. The third-order valence-corrected chi connectivity index (χ3v) is 7.00. The molecule has 376 valence electrons. The van der Waals surface area contributed by atoms with Crippen molar-refractivity contribution in [2.24, 2.45) is 0 Å². The van der Waals surface area contributed by atoms with Crippen LogP contribution in [0, 0.1) is 0 Å². The van der Waals surface area contributed by atoms with Crippen LogP contribution in [0.15, 0.2) is 164 Å². The summed E-state index contributed by atoms with van der Waals surface area (Å²) in [6, 6.07) is 44.4. The molecule has 0 aliphatic carbocycles. The molecule has 6 rings (SSSR count). The van der Waals surface area contributed by atoms with E-state index in [1.54, 1.807) is 73.2 Å². The Bertz CT molecular complexity index is 1940. The van der Waals surface area contributed by atoms with Crippen molar-refractivity contribution in [3.8, 4) is 0 Å². The summed E-state index contributed by atoms with van der Waals surface area (Å²) in [7, 11) is 0. The number of carboxylic acid groups (broad SMARTS) is 3. The number of aryl methyl sites for hydroxylation is 3. The van der Waals surface area contributed by atoms with E-state index < -0.39 is 17.9 Å². The Labute approximate surface area is 452 Å². The molecule has 0 radical (unpaired) electrons. The zero-order valence-corrected chi connectivity index (χ0v) is 41.9. The Kier molecular flexibility index (Phi) is 72.6. The first-order chi connectivity index (χ1) is 31.9. The van der Waals surface area contributed by atoms with Crippen molar-refractivity contribution < 1.29 is 118 Å². The Hall–Kier alpha value is -6.66. The predicted octanol–water partition coefficient (Wildman–Crippen LogP) is 3.40. The Balaban J connectivity index is -0.000000107. The molecule has 0 N–H and O–H groups in total. The van der Waals surface area contributed by atoms with Crippen molar-refractivity contribution in [1.29, 1.82) is 0 Å². The number of pyridine rings is 3. The Morgan fingerprint density at radius 1 is 0.380 bits per heavy atom. The second-order valence-electron chi connectivity index (χ2n) is 11.7. The number of carbonyl (C=O) groups is 3. The van der Waals surface area contributed by atoms with Gasteiger partial charge in [0, 0.05) is 53.6 Å². The minimum atomic E-state index is -0.992. The van der Waals surface area contributed by atoms with Crippen LogP contribution in [0.2, 0.25) is 0 Å². The second-order valence-corrected chi connectivity index (χ2v) is 11.7. The number of hydrogen-bond acceptors (Lipinski definition) is 12. The third-order valence-electron chi connectivity index (χ3n) is 7.00. The first-order valence-electron chi connectivity index (χ1n) is 19.0. The topological polar surface area (TPSA) is 433 Å². The molecule has 6 aromatic rings. The number of carbonyl (C=O) groups excluding carboxylic acids is 3. The number of carboxylic acids is 3. The summed E-state index contributed by atoms with van der Waals surface area (Å²) < 4.78 is 0. The van der Waals surface area contributed by atoms with Crippen LogP contribution in [0.3, 0.4) is 0 Å². The molecule has 0 spiro atoms. The monoisotopic (exact) mass is 1140 g/mol. The number of benzene rings is 3. The molecule has 71 heavy (non-hydrogen) atoms. The predicted molar refractivity (Wildman–Crippen MR) is 234 cm³/mol. The van der Waals surface area contributed by atoms with Gasteiger partial charge in [0.05, 0.1) is 0 Å². The van der Waals surface area contributed by atoms with Crippen LogP contribution in [-0.2, 0) is 127 Å². The van der Waals surface area contributed by atoms with E-state index in [9.17, 15) is 45.0 Å². The van der Waals surface area contributed by atoms with Crippen molar-refractivity contribution >= 4 is 17.9 Å². The molecular formula is C45H45Mn3N12NiO10. The summed E-state index contributed by atoms with van der Waals surface area (Å²) in [4.78, 5) is 46.0. The molecule has 0 saturated heterocycles. The summed E-state index contributed by atoms with van der Waals surface area (Å²) >= 11 is 0. The van der Waals surface area contributed by atoms with E-state index in [0.29, 0.717) is 36.3 Å². The quantitative estimate of drug-likeness (QED) is 0.0736. The molecule has 0 fully saturated rings. The smallest absolute Gasteiger partial charge is 2.00 e. The van der Waals surface area contributed by atoms with Crippen molar-refractivity contribution in [3.05, 3.63) is 246 Å². The summed E-state index contributed by atoms with van der Waals surface area (Å²) in [5.41, 5.74) is 45.4. The number of aromatic nitrogens is 3. The van der Waals surface area contributed by atoms with Gasteiger partial charge in [-0.1, -0.05) is 129 Å². The van der Waals surface area contributed by atoms with E-state index in [1.165, 1.54) is 14.7 Å². The second kappa shape index (κ2) is 63.3. The fourth-order valence-corrected chi connectivity index (χ4v) is 4.12. The van der Waals surface area contributed by atoms with Gasteiger partial charge in [-0.3, -0.25) is 29.7 Å². The summed E-state index contributed by atoms with van der Waals surface area (Å²) in [6.45, 7) is -0.664. The number of aliphatic carboxylic acids is 3. The maximum atomic E-state index is 10.1. The molecule has 0 amide bonds. The standard InChI is InChI=1S/3C9H10O2.3C6H6NO.3Mn.3N3.Ni.O/c3*10-9(11)7-6-8-4-2-1-3-5-8;3*8-5-6-3-1-2-4-7-6;;;;3*1-3-2;;/h3*1-5H,6-7H2,(H,10,11);3*1-4H,5H2;;;;;;;;/q;;;3*-1;3*+3;3*-1;+2;-2/p-3. The van der Waals surface area contributed by atoms with E-state index >= 15 is 0 Å². The minimum absolute atomic E-state index is 0. The molecule has 0 unspecified atom stereocenters. The zero-order valence-electron chi connectivity index (χ0n) is 37.4. The van der Waals surface area contributed by atoms with E-state index in [4.69, 9.17) is 33.2 Å². The molecule has 3 aromatic heterocycles. The molecule has 3 heterocycles. The number of hydrogen-bond donors (Lipinski definition) is 0. The van der Waals surface area contributed by atoms with Crippen LogP contribution in [-0.4, -0.2) is 32.9 Å². The molecule has 0 saturated carbocycles. The summed E-state index contributed by atoms with van der Waals surface area (Å²) in [5, 5.41) is 60.4. The molecular weight excluding hydrogens is 1090 g/mol. The van der Waals surface area contributed by atoms with Crippen molar-refractivity contribution in [3.63, 3.8) is 0 Å². The van der Waals surface area contributed by atoms with Crippen molar-refractivity contribution in [1.82, 2.24) is 15.0 Å². The van der Waals surface area contributed by atoms with Crippen LogP contribution < -0.4 is 30.6 Å². The SMILES string of the molecule is O=C([O-])CCc1ccccc1.O=C([O-])CCc1ccccc1.O=C([O-])CCc1ccccc1.[Mn+3].[Mn+3].[Mn+3].[N-]=[N+]=[N-].[N-]=[N+]=[N-].[N-]=[N+]=[N-].[Ni+2].[O-2].[O-]Cc1ccccn1.[O-]Cc1ccccn1.[O-]Cc1ccccn1. The van der Waals surface area contributed by atoms with Gasteiger partial charge in [-0.05, 0) is 91.6 Å². The largest absolute Gasteiger partial charge is 3.00 e. The van der Waals surface area contributed by atoms with Gasteiger partial charge >= 0.3 is 67.7 Å². The van der Waals surface area contributed by atoms with Crippen LogP contribution in [0.4, 0.5) is 0 Å². The first-order valence-corrected chi connectivity index (χ1v) is 19.0. The number of nitrogens with zero attached hydrogens (tertiary/aromatic N) is 12. The van der Waals surface area contributed by atoms with E-state index in [-0.39, 0.29) is 112 Å². The number of rotatable bonds is 12. The van der Waals surface area contributed by atoms with Gasteiger partial charge in [0.15, 0.2) is 0 Å². The fourth-order valence-electron chi connectivity index (χ4n) is 4.12. The van der Waals surface area contributed by atoms with Gasteiger partial charge in [0.25, 0.3) is 0 Å². The molecule has 0 aliphatic heterocycles.